The molecule has 59 heavy (non-hydrogen) atoms. The molecule has 2 aliphatic rings. The standard InChI is InChI=1S/C55H39N3O/c1-54(2)43-22-9-10-23-44(43)55(46-24-11-13-26-49(46)59-50-27-14-12-25-47(50)55)45-33-32-41(35-48(45)54)40-20-15-21-42(34-40)53-57-51(38-18-7-4-8-19-38)56-52(58-53)39-30-28-37(29-31-39)36-16-5-3-6-17-36/h3-35H,1-2H3. The van der Waals surface area contributed by atoms with E-state index in [-0.39, 0.29) is 5.41 Å². The lowest BCUT2D eigenvalue weighted by molar-refractivity contribution is 0.425. The van der Waals surface area contributed by atoms with Gasteiger partial charge in [-0.2, -0.15) is 0 Å². The summed E-state index contributed by atoms with van der Waals surface area (Å²) in [6.45, 7) is 4.72. The topological polar surface area (TPSA) is 47.9 Å². The smallest absolute Gasteiger partial charge is 0.164 e. The highest BCUT2D eigenvalue weighted by Gasteiger charge is 2.52. The van der Waals surface area contributed by atoms with Crippen LogP contribution in [-0.4, -0.2) is 15.0 Å². The first-order chi connectivity index (χ1) is 29.0. The van der Waals surface area contributed by atoms with Crippen molar-refractivity contribution in [2.24, 2.45) is 0 Å². The molecule has 0 amide bonds. The molecule has 8 aromatic carbocycles. The van der Waals surface area contributed by atoms with Crippen molar-refractivity contribution in [2.45, 2.75) is 24.7 Å². The molecule has 4 nitrogen and oxygen atoms in total. The van der Waals surface area contributed by atoms with Gasteiger partial charge in [0, 0.05) is 33.2 Å². The molecule has 2 heterocycles. The molecule has 0 N–H and O–H groups in total. The minimum absolute atomic E-state index is 0.281. The second-order valence-electron chi connectivity index (χ2n) is 16.0. The van der Waals surface area contributed by atoms with Gasteiger partial charge in [0.25, 0.3) is 0 Å². The van der Waals surface area contributed by atoms with Crippen LogP contribution < -0.4 is 4.74 Å². The maximum atomic E-state index is 6.62. The predicted octanol–water partition coefficient (Wildman–Crippen LogP) is 13.3. The third kappa shape index (κ3) is 5.55. The first-order valence-electron chi connectivity index (χ1n) is 20.2. The fourth-order valence-electron chi connectivity index (χ4n) is 9.42. The maximum Gasteiger partial charge on any atom is 0.164 e. The number of hydrogen-bond acceptors (Lipinski definition) is 4. The molecule has 0 bridgehead atoms. The van der Waals surface area contributed by atoms with E-state index in [1.807, 2.05) is 36.4 Å². The lowest BCUT2D eigenvalue weighted by Crippen LogP contribution is -2.43. The Morgan fingerprint density at radius 3 is 1.36 bits per heavy atom. The van der Waals surface area contributed by atoms with Crippen LogP contribution in [-0.2, 0) is 10.8 Å². The van der Waals surface area contributed by atoms with Crippen molar-refractivity contribution in [3.8, 4) is 67.9 Å². The zero-order valence-electron chi connectivity index (χ0n) is 32.8. The Hall–Kier alpha value is -7.43. The minimum Gasteiger partial charge on any atom is -0.457 e. The van der Waals surface area contributed by atoms with Crippen LogP contribution in [0.3, 0.4) is 0 Å². The highest BCUT2D eigenvalue weighted by Crippen LogP contribution is 2.61. The average Bonchev–Trinajstić information content (AvgIpc) is 3.31. The quantitative estimate of drug-likeness (QED) is 0.175. The third-order valence-electron chi connectivity index (χ3n) is 12.3. The summed E-state index contributed by atoms with van der Waals surface area (Å²) in [5.41, 5.74) is 14.0. The molecule has 0 unspecified atom stereocenters. The Morgan fingerprint density at radius 2 is 0.712 bits per heavy atom. The number of fused-ring (bicyclic) bond motifs is 8. The fraction of sp³-hybridized carbons (Fsp3) is 0.0727. The molecule has 0 atom stereocenters. The van der Waals surface area contributed by atoms with Crippen LogP contribution in [0.4, 0.5) is 0 Å². The van der Waals surface area contributed by atoms with Crippen LogP contribution in [0.1, 0.15) is 47.2 Å². The van der Waals surface area contributed by atoms with Crippen molar-refractivity contribution in [2.75, 3.05) is 0 Å². The summed E-state index contributed by atoms with van der Waals surface area (Å²) in [7, 11) is 0. The van der Waals surface area contributed by atoms with Crippen molar-refractivity contribution >= 4 is 0 Å². The Morgan fingerprint density at radius 1 is 0.305 bits per heavy atom. The summed E-state index contributed by atoms with van der Waals surface area (Å²) >= 11 is 0. The average molecular weight is 758 g/mol. The van der Waals surface area contributed by atoms with E-state index in [9.17, 15) is 0 Å². The molecule has 1 aromatic heterocycles. The summed E-state index contributed by atoms with van der Waals surface area (Å²) in [6, 6.07) is 70.8. The van der Waals surface area contributed by atoms with Gasteiger partial charge in [0.15, 0.2) is 17.5 Å². The summed E-state index contributed by atoms with van der Waals surface area (Å²) in [6.07, 6.45) is 0. The molecule has 1 aliphatic heterocycles. The molecule has 280 valence electrons. The Bertz CT molecular complexity index is 3000. The van der Waals surface area contributed by atoms with Crippen LogP contribution in [0.2, 0.25) is 0 Å². The van der Waals surface area contributed by atoms with E-state index in [0.717, 1.165) is 56.0 Å². The van der Waals surface area contributed by atoms with E-state index >= 15 is 0 Å². The largest absolute Gasteiger partial charge is 0.457 e. The zero-order chi connectivity index (χ0) is 39.6. The zero-order valence-corrected chi connectivity index (χ0v) is 32.8. The molecule has 0 saturated carbocycles. The molecule has 0 fully saturated rings. The molecule has 0 saturated heterocycles. The molecular weight excluding hydrogens is 719 g/mol. The van der Waals surface area contributed by atoms with Crippen LogP contribution in [0.25, 0.3) is 56.4 Å². The van der Waals surface area contributed by atoms with Gasteiger partial charge in [-0.1, -0.05) is 190 Å². The first-order valence-corrected chi connectivity index (χ1v) is 20.2. The molecule has 11 rings (SSSR count). The summed E-state index contributed by atoms with van der Waals surface area (Å²) in [4.78, 5) is 15.2. The summed E-state index contributed by atoms with van der Waals surface area (Å²) < 4.78 is 6.62. The minimum atomic E-state index is -0.554. The molecule has 1 spiro atoms. The maximum absolute atomic E-state index is 6.62. The van der Waals surface area contributed by atoms with Crippen molar-refractivity contribution in [1.29, 1.82) is 0 Å². The van der Waals surface area contributed by atoms with E-state index in [2.05, 4.69) is 178 Å². The van der Waals surface area contributed by atoms with E-state index in [4.69, 9.17) is 19.7 Å². The number of rotatable bonds is 5. The number of nitrogens with zero attached hydrogens (tertiary/aromatic N) is 3. The van der Waals surface area contributed by atoms with Gasteiger partial charge < -0.3 is 4.74 Å². The van der Waals surface area contributed by atoms with E-state index < -0.39 is 5.41 Å². The molecule has 1 aliphatic carbocycles. The number of hydrogen-bond donors (Lipinski definition) is 0. The van der Waals surface area contributed by atoms with Gasteiger partial charge in [-0.25, -0.2) is 15.0 Å². The number of benzene rings is 8. The Labute approximate surface area is 344 Å². The SMILES string of the molecule is CC1(C)c2ccccc2C2(c3ccccc3Oc3ccccc32)c2ccc(-c3cccc(-c4nc(-c5ccccc5)nc(-c5ccc(-c6ccccc6)cc5)n4)c3)cc21. The van der Waals surface area contributed by atoms with Crippen LogP contribution in [0, 0.1) is 0 Å². The van der Waals surface area contributed by atoms with Gasteiger partial charge in [-0.05, 0) is 68.8 Å². The highest BCUT2D eigenvalue weighted by atomic mass is 16.5. The summed E-state index contributed by atoms with van der Waals surface area (Å²) in [5, 5.41) is 0. The van der Waals surface area contributed by atoms with E-state index in [0.29, 0.717) is 17.5 Å². The van der Waals surface area contributed by atoms with Crippen molar-refractivity contribution < 1.29 is 4.74 Å². The summed E-state index contributed by atoms with van der Waals surface area (Å²) in [5.74, 6) is 3.68. The number of para-hydroxylation sites is 2. The van der Waals surface area contributed by atoms with Gasteiger partial charge in [0.05, 0.1) is 5.41 Å². The van der Waals surface area contributed by atoms with Gasteiger partial charge in [0.2, 0.25) is 0 Å². The van der Waals surface area contributed by atoms with Crippen LogP contribution >= 0.6 is 0 Å². The molecule has 0 radical (unpaired) electrons. The van der Waals surface area contributed by atoms with E-state index in [1.165, 1.54) is 27.8 Å². The first kappa shape index (κ1) is 34.8. The van der Waals surface area contributed by atoms with Gasteiger partial charge in [0.1, 0.15) is 11.5 Å². The van der Waals surface area contributed by atoms with Gasteiger partial charge in [-0.15, -0.1) is 0 Å². The molecule has 9 aromatic rings. The molecular formula is C55H39N3O. The Balaban J connectivity index is 1.06. The second kappa shape index (κ2) is 13.6. The van der Waals surface area contributed by atoms with Crippen molar-refractivity contribution in [1.82, 2.24) is 15.0 Å². The van der Waals surface area contributed by atoms with Gasteiger partial charge in [-0.3, -0.25) is 0 Å². The highest BCUT2D eigenvalue weighted by molar-refractivity contribution is 5.79. The monoisotopic (exact) mass is 757 g/mol. The van der Waals surface area contributed by atoms with Gasteiger partial charge >= 0.3 is 0 Å². The Kier molecular flexibility index (Phi) is 8.02. The number of aromatic nitrogens is 3. The lowest BCUT2D eigenvalue weighted by Gasteiger charge is -2.50. The van der Waals surface area contributed by atoms with Crippen molar-refractivity contribution in [3.05, 3.63) is 234 Å². The van der Waals surface area contributed by atoms with E-state index in [1.54, 1.807) is 0 Å². The second-order valence-corrected chi connectivity index (χ2v) is 16.0. The predicted molar refractivity (Wildman–Crippen MR) is 238 cm³/mol. The van der Waals surface area contributed by atoms with Crippen LogP contribution in [0.15, 0.2) is 200 Å². The van der Waals surface area contributed by atoms with Crippen LogP contribution in [0.5, 0.6) is 11.5 Å². The van der Waals surface area contributed by atoms with Crippen molar-refractivity contribution in [3.63, 3.8) is 0 Å². The lowest BCUT2D eigenvalue weighted by atomic mass is 9.53. The number of ether oxygens (including phenoxy) is 1. The fourth-order valence-corrected chi connectivity index (χ4v) is 9.42. The molecule has 4 heteroatoms. The normalized spacial score (nSPS) is 14.0. The third-order valence-corrected chi connectivity index (χ3v) is 12.3.